The maximum absolute atomic E-state index is 9.37. The summed E-state index contributed by atoms with van der Waals surface area (Å²) in [6.07, 6.45) is 0. The topological polar surface area (TPSA) is 74.9 Å². The molecule has 1 unspecified atom stereocenters. The van der Waals surface area contributed by atoms with Gasteiger partial charge in [0.25, 0.3) is 0 Å². The van der Waals surface area contributed by atoms with Crippen molar-refractivity contribution in [3.8, 4) is 5.75 Å². The quantitative estimate of drug-likeness (QED) is 0.738. The Kier molecular flexibility index (Phi) is 2.83. The van der Waals surface area contributed by atoms with E-state index in [1.165, 1.54) is 0 Å². The van der Waals surface area contributed by atoms with Crippen molar-refractivity contribution in [1.82, 2.24) is 9.97 Å². The third-order valence-electron chi connectivity index (χ3n) is 2.89. The lowest BCUT2D eigenvalue weighted by Crippen LogP contribution is -2.18. The predicted molar refractivity (Wildman–Crippen MR) is 64.4 cm³/mol. The molecule has 0 aliphatic heterocycles. The zero-order valence-electron chi connectivity index (χ0n) is 9.57. The standard InChI is InChI=1S/C12H17N3O/c1-7(2)9(6-13)12-14-10-4-3-8(16)5-11(10)15-12/h3-5,7,9,16H,6,13H2,1-2H3,(H,14,15). The molecule has 1 heterocycles. The van der Waals surface area contributed by atoms with Gasteiger partial charge in [0.15, 0.2) is 0 Å². The van der Waals surface area contributed by atoms with E-state index in [2.05, 4.69) is 23.8 Å². The van der Waals surface area contributed by atoms with E-state index >= 15 is 0 Å². The highest BCUT2D eigenvalue weighted by Crippen LogP contribution is 2.24. The van der Waals surface area contributed by atoms with Gasteiger partial charge in [-0.15, -0.1) is 0 Å². The van der Waals surface area contributed by atoms with Gasteiger partial charge in [-0.25, -0.2) is 4.98 Å². The first-order valence-electron chi connectivity index (χ1n) is 5.50. The van der Waals surface area contributed by atoms with E-state index in [1.807, 2.05) is 0 Å². The molecule has 4 N–H and O–H groups in total. The van der Waals surface area contributed by atoms with Crippen LogP contribution in [0.5, 0.6) is 5.75 Å². The van der Waals surface area contributed by atoms with Gasteiger partial charge in [-0.2, -0.15) is 0 Å². The number of aromatic hydroxyl groups is 1. The van der Waals surface area contributed by atoms with Crippen molar-refractivity contribution in [1.29, 1.82) is 0 Å². The van der Waals surface area contributed by atoms with E-state index in [0.29, 0.717) is 12.5 Å². The maximum Gasteiger partial charge on any atom is 0.117 e. The first kappa shape index (κ1) is 11.0. The van der Waals surface area contributed by atoms with Crippen molar-refractivity contribution in [2.75, 3.05) is 6.54 Å². The van der Waals surface area contributed by atoms with Gasteiger partial charge in [0.2, 0.25) is 0 Å². The molecule has 0 fully saturated rings. The number of nitrogens with zero attached hydrogens (tertiary/aromatic N) is 1. The number of aromatic nitrogens is 2. The van der Waals surface area contributed by atoms with E-state index in [4.69, 9.17) is 5.73 Å². The van der Waals surface area contributed by atoms with Crippen LogP contribution in [0, 0.1) is 5.92 Å². The Balaban J connectivity index is 2.45. The number of hydrogen-bond donors (Lipinski definition) is 3. The summed E-state index contributed by atoms with van der Waals surface area (Å²) in [5.74, 6) is 1.82. The van der Waals surface area contributed by atoms with Gasteiger partial charge >= 0.3 is 0 Å². The molecule has 0 radical (unpaired) electrons. The predicted octanol–water partition coefficient (Wildman–Crippen LogP) is 1.97. The van der Waals surface area contributed by atoms with Gasteiger partial charge in [0, 0.05) is 18.5 Å². The minimum Gasteiger partial charge on any atom is -0.508 e. The Morgan fingerprint density at radius 2 is 2.19 bits per heavy atom. The number of imidazole rings is 1. The molecule has 0 aliphatic rings. The van der Waals surface area contributed by atoms with Gasteiger partial charge in [-0.3, -0.25) is 0 Å². The summed E-state index contributed by atoms with van der Waals surface area (Å²) in [5.41, 5.74) is 7.47. The number of nitrogens with two attached hydrogens (primary N) is 1. The molecular weight excluding hydrogens is 202 g/mol. The van der Waals surface area contributed by atoms with Gasteiger partial charge in [0.05, 0.1) is 11.0 Å². The van der Waals surface area contributed by atoms with E-state index in [1.54, 1.807) is 18.2 Å². The Morgan fingerprint density at radius 1 is 1.44 bits per heavy atom. The summed E-state index contributed by atoms with van der Waals surface area (Å²) >= 11 is 0. The molecule has 0 saturated carbocycles. The number of hydrogen-bond acceptors (Lipinski definition) is 3. The minimum atomic E-state index is 0.231. The lowest BCUT2D eigenvalue weighted by molar-refractivity contribution is 0.476. The van der Waals surface area contributed by atoms with Crippen LogP contribution in [0.3, 0.4) is 0 Å². The number of fused-ring (bicyclic) bond motifs is 1. The van der Waals surface area contributed by atoms with Crippen LogP contribution in [-0.4, -0.2) is 21.6 Å². The van der Waals surface area contributed by atoms with Crippen LogP contribution < -0.4 is 5.73 Å². The van der Waals surface area contributed by atoms with Crippen molar-refractivity contribution >= 4 is 11.0 Å². The minimum absolute atomic E-state index is 0.231. The molecule has 4 nitrogen and oxygen atoms in total. The molecule has 2 rings (SSSR count). The molecular formula is C12H17N3O. The van der Waals surface area contributed by atoms with E-state index < -0.39 is 0 Å². The molecule has 0 aliphatic carbocycles. The molecule has 4 heteroatoms. The lowest BCUT2D eigenvalue weighted by Gasteiger charge is -2.15. The number of H-pyrrole nitrogens is 1. The van der Waals surface area contributed by atoms with Crippen molar-refractivity contribution in [2.24, 2.45) is 11.7 Å². The fraction of sp³-hybridized carbons (Fsp3) is 0.417. The SMILES string of the molecule is CC(C)C(CN)c1nc2ccc(O)cc2[nH]1. The molecule has 1 atom stereocenters. The Hall–Kier alpha value is -1.55. The molecule has 86 valence electrons. The second kappa shape index (κ2) is 4.14. The smallest absolute Gasteiger partial charge is 0.117 e. The second-order valence-corrected chi connectivity index (χ2v) is 4.41. The summed E-state index contributed by atoms with van der Waals surface area (Å²) in [4.78, 5) is 7.72. The Bertz CT molecular complexity index is 490. The van der Waals surface area contributed by atoms with Crippen LogP contribution in [0.1, 0.15) is 25.6 Å². The number of aromatic amines is 1. The third-order valence-corrected chi connectivity index (χ3v) is 2.89. The zero-order valence-corrected chi connectivity index (χ0v) is 9.57. The first-order chi connectivity index (χ1) is 7.61. The average molecular weight is 219 g/mol. The third kappa shape index (κ3) is 1.88. The van der Waals surface area contributed by atoms with Gasteiger partial charge in [-0.1, -0.05) is 13.8 Å². The number of nitrogens with one attached hydrogen (secondary N) is 1. The van der Waals surface area contributed by atoms with Gasteiger partial charge < -0.3 is 15.8 Å². The van der Waals surface area contributed by atoms with Crippen LogP contribution in [0.4, 0.5) is 0 Å². The maximum atomic E-state index is 9.37. The fourth-order valence-corrected chi connectivity index (χ4v) is 1.89. The Morgan fingerprint density at radius 3 is 2.81 bits per heavy atom. The number of phenolic OH excluding ortho intramolecular Hbond substituents is 1. The number of phenols is 1. The van der Waals surface area contributed by atoms with Crippen molar-refractivity contribution in [2.45, 2.75) is 19.8 Å². The van der Waals surface area contributed by atoms with Crippen LogP contribution >= 0.6 is 0 Å². The molecule has 1 aromatic heterocycles. The molecule has 2 aromatic rings. The number of rotatable bonds is 3. The van der Waals surface area contributed by atoms with Gasteiger partial charge in [0.1, 0.15) is 11.6 Å². The molecule has 1 aromatic carbocycles. The van der Waals surface area contributed by atoms with Crippen LogP contribution in [0.2, 0.25) is 0 Å². The lowest BCUT2D eigenvalue weighted by atomic mass is 9.95. The zero-order chi connectivity index (χ0) is 11.7. The fourth-order valence-electron chi connectivity index (χ4n) is 1.89. The van der Waals surface area contributed by atoms with E-state index in [-0.39, 0.29) is 11.7 Å². The molecule has 0 saturated heterocycles. The second-order valence-electron chi connectivity index (χ2n) is 4.41. The average Bonchev–Trinajstić information content (AvgIpc) is 2.60. The van der Waals surface area contributed by atoms with Crippen molar-refractivity contribution < 1.29 is 5.11 Å². The van der Waals surface area contributed by atoms with Crippen LogP contribution in [0.25, 0.3) is 11.0 Å². The monoisotopic (exact) mass is 219 g/mol. The van der Waals surface area contributed by atoms with Crippen LogP contribution in [-0.2, 0) is 0 Å². The summed E-state index contributed by atoms with van der Waals surface area (Å²) in [6.45, 7) is 4.83. The molecule has 16 heavy (non-hydrogen) atoms. The largest absolute Gasteiger partial charge is 0.508 e. The van der Waals surface area contributed by atoms with Crippen molar-refractivity contribution in [3.05, 3.63) is 24.0 Å². The molecule has 0 spiro atoms. The summed E-state index contributed by atoms with van der Waals surface area (Å²) in [5, 5.41) is 9.37. The van der Waals surface area contributed by atoms with Crippen molar-refractivity contribution in [3.63, 3.8) is 0 Å². The Labute approximate surface area is 94.5 Å². The number of benzene rings is 1. The highest BCUT2D eigenvalue weighted by molar-refractivity contribution is 5.76. The van der Waals surface area contributed by atoms with E-state index in [0.717, 1.165) is 16.9 Å². The highest BCUT2D eigenvalue weighted by atomic mass is 16.3. The van der Waals surface area contributed by atoms with Crippen LogP contribution in [0.15, 0.2) is 18.2 Å². The van der Waals surface area contributed by atoms with Gasteiger partial charge in [-0.05, 0) is 18.1 Å². The molecule has 0 bridgehead atoms. The molecule has 0 amide bonds. The summed E-state index contributed by atoms with van der Waals surface area (Å²) < 4.78 is 0. The summed E-state index contributed by atoms with van der Waals surface area (Å²) in [7, 11) is 0. The first-order valence-corrected chi connectivity index (χ1v) is 5.50. The summed E-state index contributed by atoms with van der Waals surface area (Å²) in [6, 6.07) is 5.12. The normalized spacial score (nSPS) is 13.5. The highest BCUT2D eigenvalue weighted by Gasteiger charge is 2.17. The van der Waals surface area contributed by atoms with E-state index in [9.17, 15) is 5.11 Å².